The van der Waals surface area contributed by atoms with Gasteiger partial charge in [-0.1, -0.05) is 22.0 Å². The Morgan fingerprint density at radius 1 is 1.30 bits per heavy atom. The van der Waals surface area contributed by atoms with E-state index in [2.05, 4.69) is 26.6 Å². The summed E-state index contributed by atoms with van der Waals surface area (Å²) in [5, 5.41) is 5.58. The highest BCUT2D eigenvalue weighted by atomic mass is 79.9. The molecular weight excluding hydrogens is 358 g/mol. The van der Waals surface area contributed by atoms with Gasteiger partial charge in [0.25, 0.3) is 0 Å². The van der Waals surface area contributed by atoms with Crippen LogP contribution in [-0.2, 0) is 9.59 Å². The van der Waals surface area contributed by atoms with Crippen molar-refractivity contribution in [2.75, 3.05) is 11.9 Å². The maximum absolute atomic E-state index is 12.3. The second-order valence-electron chi connectivity index (χ2n) is 6.66. The van der Waals surface area contributed by atoms with Gasteiger partial charge in [-0.25, -0.2) is 0 Å². The lowest BCUT2D eigenvalue weighted by Gasteiger charge is -2.26. The third kappa shape index (κ3) is 3.43. The number of carbonyl (C=O) groups excluding carboxylic acids is 2. The van der Waals surface area contributed by atoms with Crippen molar-refractivity contribution in [1.29, 1.82) is 0 Å². The van der Waals surface area contributed by atoms with Gasteiger partial charge < -0.3 is 16.4 Å². The Morgan fingerprint density at radius 3 is 2.74 bits per heavy atom. The quantitative estimate of drug-likeness (QED) is 0.749. The molecule has 0 spiro atoms. The number of nitrogens with one attached hydrogen (secondary N) is 2. The Bertz CT molecular complexity index is 632. The second kappa shape index (κ2) is 6.61. The van der Waals surface area contributed by atoms with Crippen molar-refractivity contribution >= 4 is 33.4 Å². The van der Waals surface area contributed by atoms with E-state index in [0.717, 1.165) is 35.0 Å². The average Bonchev–Trinajstić information content (AvgIpc) is 3.09. The van der Waals surface area contributed by atoms with Gasteiger partial charge in [-0.3, -0.25) is 9.59 Å². The van der Waals surface area contributed by atoms with Gasteiger partial charge in [-0.05, 0) is 55.7 Å². The van der Waals surface area contributed by atoms with E-state index in [-0.39, 0.29) is 30.3 Å². The SMILES string of the molecule is Cc1ccc(Br)cc1NC(=O)CNC(=O)C1C2CCC(C2)C1N. The molecule has 0 aromatic heterocycles. The van der Waals surface area contributed by atoms with E-state index in [4.69, 9.17) is 5.73 Å². The number of amides is 2. The molecule has 4 atom stereocenters. The Balaban J connectivity index is 1.53. The van der Waals surface area contributed by atoms with Crippen LogP contribution in [0, 0.1) is 24.7 Å². The highest BCUT2D eigenvalue weighted by Crippen LogP contribution is 2.47. The van der Waals surface area contributed by atoms with E-state index < -0.39 is 0 Å². The number of nitrogens with two attached hydrogens (primary N) is 1. The lowest BCUT2D eigenvalue weighted by molar-refractivity contribution is -0.129. The first-order valence-corrected chi connectivity index (χ1v) is 8.84. The summed E-state index contributed by atoms with van der Waals surface area (Å²) >= 11 is 3.38. The normalized spacial score (nSPS) is 28.7. The van der Waals surface area contributed by atoms with Crippen LogP contribution in [0.2, 0.25) is 0 Å². The van der Waals surface area contributed by atoms with Crippen molar-refractivity contribution in [3.63, 3.8) is 0 Å². The maximum atomic E-state index is 12.3. The van der Waals surface area contributed by atoms with E-state index in [1.54, 1.807) is 0 Å². The van der Waals surface area contributed by atoms with Crippen LogP contribution >= 0.6 is 15.9 Å². The van der Waals surface area contributed by atoms with Crippen LogP contribution in [0.1, 0.15) is 24.8 Å². The smallest absolute Gasteiger partial charge is 0.243 e. The molecule has 2 fully saturated rings. The highest BCUT2D eigenvalue weighted by molar-refractivity contribution is 9.10. The highest BCUT2D eigenvalue weighted by Gasteiger charge is 2.48. The van der Waals surface area contributed by atoms with Gasteiger partial charge in [0, 0.05) is 16.2 Å². The topological polar surface area (TPSA) is 84.2 Å². The summed E-state index contributed by atoms with van der Waals surface area (Å²) < 4.78 is 0.899. The number of carbonyl (C=O) groups is 2. The molecule has 23 heavy (non-hydrogen) atoms. The molecule has 1 aromatic rings. The molecule has 5 nitrogen and oxygen atoms in total. The first-order chi connectivity index (χ1) is 11.0. The molecule has 2 aliphatic carbocycles. The fraction of sp³-hybridized carbons (Fsp3) is 0.529. The number of hydrogen-bond donors (Lipinski definition) is 3. The number of hydrogen-bond acceptors (Lipinski definition) is 3. The third-order valence-electron chi connectivity index (χ3n) is 5.18. The summed E-state index contributed by atoms with van der Waals surface area (Å²) in [5.74, 6) is 0.440. The predicted molar refractivity (Wildman–Crippen MR) is 92.8 cm³/mol. The number of aryl methyl sites for hydroxylation is 1. The van der Waals surface area contributed by atoms with Gasteiger partial charge in [-0.2, -0.15) is 0 Å². The lowest BCUT2D eigenvalue weighted by atomic mass is 9.84. The Kier molecular flexibility index (Phi) is 4.73. The Labute approximate surface area is 144 Å². The van der Waals surface area contributed by atoms with Gasteiger partial charge >= 0.3 is 0 Å². The van der Waals surface area contributed by atoms with Crippen molar-refractivity contribution < 1.29 is 9.59 Å². The number of fused-ring (bicyclic) bond motifs is 2. The van der Waals surface area contributed by atoms with Crippen molar-refractivity contribution in [1.82, 2.24) is 5.32 Å². The van der Waals surface area contributed by atoms with Crippen LogP contribution in [0.25, 0.3) is 0 Å². The molecule has 2 aliphatic rings. The molecule has 2 amide bonds. The first kappa shape index (κ1) is 16.5. The molecule has 1 aromatic carbocycles. The molecule has 0 aliphatic heterocycles. The maximum Gasteiger partial charge on any atom is 0.243 e. The predicted octanol–water partition coefficient (Wildman–Crippen LogP) is 2.19. The van der Waals surface area contributed by atoms with E-state index >= 15 is 0 Å². The number of rotatable bonds is 4. The summed E-state index contributed by atoms with van der Waals surface area (Å²) in [6.45, 7) is 1.90. The van der Waals surface area contributed by atoms with Crippen LogP contribution in [0.3, 0.4) is 0 Å². The lowest BCUT2D eigenvalue weighted by Crippen LogP contribution is -2.46. The molecular formula is C17H22BrN3O2. The van der Waals surface area contributed by atoms with E-state index in [1.165, 1.54) is 0 Å². The summed E-state index contributed by atoms with van der Waals surface area (Å²) in [6.07, 6.45) is 3.28. The van der Waals surface area contributed by atoms with Crippen LogP contribution in [0.4, 0.5) is 5.69 Å². The van der Waals surface area contributed by atoms with Gasteiger partial charge in [0.05, 0.1) is 12.5 Å². The monoisotopic (exact) mass is 379 g/mol. The molecule has 0 radical (unpaired) electrons. The zero-order valence-electron chi connectivity index (χ0n) is 13.1. The fourth-order valence-electron chi connectivity index (χ4n) is 3.93. The fourth-order valence-corrected chi connectivity index (χ4v) is 4.29. The Morgan fingerprint density at radius 2 is 2.04 bits per heavy atom. The molecule has 4 unspecified atom stereocenters. The molecule has 0 heterocycles. The minimum absolute atomic E-state index is 0.0224. The number of halogens is 1. The number of anilines is 1. The average molecular weight is 380 g/mol. The summed E-state index contributed by atoms with van der Waals surface area (Å²) in [6, 6.07) is 5.64. The van der Waals surface area contributed by atoms with E-state index in [1.807, 2.05) is 25.1 Å². The van der Waals surface area contributed by atoms with E-state index in [0.29, 0.717) is 11.8 Å². The summed E-state index contributed by atoms with van der Waals surface area (Å²) in [7, 11) is 0. The van der Waals surface area contributed by atoms with Crippen LogP contribution in [0.5, 0.6) is 0 Å². The van der Waals surface area contributed by atoms with Crippen molar-refractivity contribution in [2.24, 2.45) is 23.5 Å². The zero-order chi connectivity index (χ0) is 16.6. The minimum atomic E-state index is -0.226. The third-order valence-corrected chi connectivity index (χ3v) is 5.67. The second-order valence-corrected chi connectivity index (χ2v) is 7.58. The molecule has 0 saturated heterocycles. The molecule has 3 rings (SSSR count). The summed E-state index contributed by atoms with van der Waals surface area (Å²) in [4.78, 5) is 24.4. The van der Waals surface area contributed by atoms with Crippen molar-refractivity contribution in [2.45, 2.75) is 32.2 Å². The Hall–Kier alpha value is -1.40. The molecule has 2 saturated carbocycles. The van der Waals surface area contributed by atoms with Crippen LogP contribution in [0.15, 0.2) is 22.7 Å². The van der Waals surface area contributed by atoms with Crippen molar-refractivity contribution in [3.8, 4) is 0 Å². The summed E-state index contributed by atoms with van der Waals surface area (Å²) in [5.41, 5.74) is 7.89. The van der Waals surface area contributed by atoms with Gasteiger partial charge in [0.2, 0.25) is 11.8 Å². The molecule has 4 N–H and O–H groups in total. The molecule has 6 heteroatoms. The minimum Gasteiger partial charge on any atom is -0.347 e. The zero-order valence-corrected chi connectivity index (χ0v) is 14.7. The van der Waals surface area contributed by atoms with E-state index in [9.17, 15) is 9.59 Å². The first-order valence-electron chi connectivity index (χ1n) is 8.05. The molecule has 124 valence electrons. The van der Waals surface area contributed by atoms with Crippen LogP contribution < -0.4 is 16.4 Å². The van der Waals surface area contributed by atoms with Gasteiger partial charge in [0.15, 0.2) is 0 Å². The standard InChI is InChI=1S/C17H22BrN3O2/c1-9-2-5-12(18)7-13(9)21-14(22)8-20-17(23)15-10-3-4-11(6-10)16(15)19/h2,5,7,10-11,15-16H,3-4,6,8,19H2,1H3,(H,20,23)(H,21,22). The van der Waals surface area contributed by atoms with Gasteiger partial charge in [0.1, 0.15) is 0 Å². The van der Waals surface area contributed by atoms with Crippen molar-refractivity contribution in [3.05, 3.63) is 28.2 Å². The van der Waals surface area contributed by atoms with Gasteiger partial charge in [-0.15, -0.1) is 0 Å². The largest absolute Gasteiger partial charge is 0.347 e. The number of benzene rings is 1. The van der Waals surface area contributed by atoms with Crippen LogP contribution in [-0.4, -0.2) is 24.4 Å². The molecule has 2 bridgehead atoms.